The Morgan fingerprint density at radius 3 is 2.52 bits per heavy atom. The molecule has 0 aliphatic rings. The summed E-state index contributed by atoms with van der Waals surface area (Å²) in [5, 5.41) is 0. The summed E-state index contributed by atoms with van der Waals surface area (Å²) >= 11 is 0. The van der Waals surface area contributed by atoms with Gasteiger partial charge in [0.1, 0.15) is 12.4 Å². The van der Waals surface area contributed by atoms with Gasteiger partial charge >= 0.3 is 6.18 Å². The number of methoxy groups -OCH3 is 1. The molecule has 29 heavy (non-hydrogen) atoms. The molecule has 7 heteroatoms. The molecular formula is C22H17F3N2O2. The van der Waals surface area contributed by atoms with Gasteiger partial charge in [-0.05, 0) is 42.0 Å². The highest BCUT2D eigenvalue weighted by atomic mass is 19.4. The SMILES string of the molecule is COc1cccc(-c2nc3ccccc3[nH]2)c1OCc1cccc(C(F)(F)F)c1. The Morgan fingerprint density at radius 1 is 0.966 bits per heavy atom. The molecule has 1 N–H and O–H groups in total. The van der Waals surface area contributed by atoms with E-state index in [1.807, 2.05) is 30.3 Å². The zero-order valence-corrected chi connectivity index (χ0v) is 15.5. The maximum Gasteiger partial charge on any atom is 0.416 e. The van der Waals surface area contributed by atoms with E-state index in [-0.39, 0.29) is 6.61 Å². The first-order chi connectivity index (χ1) is 14.0. The molecule has 0 saturated heterocycles. The van der Waals surface area contributed by atoms with Crippen LogP contribution >= 0.6 is 0 Å². The number of benzene rings is 3. The molecule has 4 nitrogen and oxygen atoms in total. The fourth-order valence-corrected chi connectivity index (χ4v) is 3.09. The van der Waals surface area contributed by atoms with Crippen LogP contribution in [0.3, 0.4) is 0 Å². The zero-order chi connectivity index (χ0) is 20.4. The lowest BCUT2D eigenvalue weighted by molar-refractivity contribution is -0.137. The molecule has 0 saturated carbocycles. The van der Waals surface area contributed by atoms with Gasteiger partial charge in [0.15, 0.2) is 11.5 Å². The fourth-order valence-electron chi connectivity index (χ4n) is 3.09. The number of nitrogens with zero attached hydrogens (tertiary/aromatic N) is 1. The second kappa shape index (κ2) is 7.50. The van der Waals surface area contributed by atoms with E-state index < -0.39 is 11.7 Å². The molecular weight excluding hydrogens is 381 g/mol. The van der Waals surface area contributed by atoms with Gasteiger partial charge in [0.25, 0.3) is 0 Å². The van der Waals surface area contributed by atoms with Gasteiger partial charge in [-0.25, -0.2) is 4.98 Å². The lowest BCUT2D eigenvalue weighted by Crippen LogP contribution is -2.06. The van der Waals surface area contributed by atoms with Crippen LogP contribution in [0.15, 0.2) is 66.7 Å². The van der Waals surface area contributed by atoms with Crippen molar-refractivity contribution in [2.75, 3.05) is 7.11 Å². The predicted molar refractivity (Wildman–Crippen MR) is 104 cm³/mol. The number of ether oxygens (including phenoxy) is 2. The highest BCUT2D eigenvalue weighted by molar-refractivity contribution is 5.81. The van der Waals surface area contributed by atoms with Gasteiger partial charge in [-0.15, -0.1) is 0 Å². The number of hydrogen-bond donors (Lipinski definition) is 1. The van der Waals surface area contributed by atoms with Gasteiger partial charge in [0.05, 0.1) is 29.3 Å². The maximum absolute atomic E-state index is 13.0. The van der Waals surface area contributed by atoms with E-state index in [1.165, 1.54) is 13.2 Å². The molecule has 148 valence electrons. The second-order valence-corrected chi connectivity index (χ2v) is 6.43. The quantitative estimate of drug-likeness (QED) is 0.460. The van der Waals surface area contributed by atoms with Gasteiger partial charge in [0.2, 0.25) is 0 Å². The number of fused-ring (bicyclic) bond motifs is 1. The van der Waals surface area contributed by atoms with Crippen LogP contribution in [0.2, 0.25) is 0 Å². The minimum atomic E-state index is -4.40. The third-order valence-corrected chi connectivity index (χ3v) is 4.48. The average molecular weight is 398 g/mol. The summed E-state index contributed by atoms with van der Waals surface area (Å²) in [4.78, 5) is 7.82. The zero-order valence-electron chi connectivity index (χ0n) is 15.5. The lowest BCUT2D eigenvalue weighted by Gasteiger charge is -2.15. The molecule has 0 bridgehead atoms. The largest absolute Gasteiger partial charge is 0.493 e. The average Bonchev–Trinajstić information content (AvgIpc) is 3.15. The predicted octanol–water partition coefficient (Wildman–Crippen LogP) is 5.84. The van der Waals surface area contributed by atoms with Gasteiger partial charge in [-0.1, -0.05) is 30.3 Å². The highest BCUT2D eigenvalue weighted by Gasteiger charge is 2.30. The fraction of sp³-hybridized carbons (Fsp3) is 0.136. The number of hydrogen-bond acceptors (Lipinski definition) is 3. The van der Waals surface area contributed by atoms with Gasteiger partial charge in [-0.3, -0.25) is 0 Å². The number of aromatic nitrogens is 2. The smallest absolute Gasteiger partial charge is 0.416 e. The minimum absolute atomic E-state index is 0.0441. The molecule has 3 aromatic carbocycles. The summed E-state index contributed by atoms with van der Waals surface area (Å²) in [5.74, 6) is 1.46. The van der Waals surface area contributed by atoms with Crippen LogP contribution in [-0.2, 0) is 12.8 Å². The number of aromatic amines is 1. The second-order valence-electron chi connectivity index (χ2n) is 6.43. The Bertz CT molecular complexity index is 1120. The molecule has 4 aromatic rings. The van der Waals surface area contributed by atoms with Crippen LogP contribution in [0.1, 0.15) is 11.1 Å². The summed E-state index contributed by atoms with van der Waals surface area (Å²) in [6, 6.07) is 18.0. The Labute approximate surface area is 164 Å². The Balaban J connectivity index is 1.68. The molecule has 0 amide bonds. The van der Waals surface area contributed by atoms with Crippen LogP contribution in [0, 0.1) is 0 Å². The number of nitrogens with one attached hydrogen (secondary N) is 1. The third-order valence-electron chi connectivity index (χ3n) is 4.48. The van der Waals surface area contributed by atoms with Crippen molar-refractivity contribution in [3.8, 4) is 22.9 Å². The highest BCUT2D eigenvalue weighted by Crippen LogP contribution is 2.38. The van der Waals surface area contributed by atoms with Crippen LogP contribution in [0.25, 0.3) is 22.4 Å². The van der Waals surface area contributed by atoms with Crippen molar-refractivity contribution < 1.29 is 22.6 Å². The van der Waals surface area contributed by atoms with E-state index in [4.69, 9.17) is 9.47 Å². The number of imidazole rings is 1. The van der Waals surface area contributed by atoms with Crippen LogP contribution in [0.5, 0.6) is 11.5 Å². The van der Waals surface area contributed by atoms with E-state index in [1.54, 1.807) is 18.2 Å². The monoisotopic (exact) mass is 398 g/mol. The molecule has 4 rings (SSSR count). The molecule has 1 aromatic heterocycles. The lowest BCUT2D eigenvalue weighted by atomic mass is 10.1. The minimum Gasteiger partial charge on any atom is -0.493 e. The summed E-state index contributed by atoms with van der Waals surface area (Å²) in [5.41, 5.74) is 2.02. The third kappa shape index (κ3) is 3.89. The number of H-pyrrole nitrogens is 1. The number of rotatable bonds is 5. The Kier molecular flexibility index (Phi) is 4.88. The Hall–Kier alpha value is -3.48. The van der Waals surface area contributed by atoms with Crippen molar-refractivity contribution in [3.05, 3.63) is 77.9 Å². The molecule has 0 spiro atoms. The van der Waals surface area contributed by atoms with Crippen molar-refractivity contribution in [3.63, 3.8) is 0 Å². The van der Waals surface area contributed by atoms with E-state index in [9.17, 15) is 13.2 Å². The maximum atomic E-state index is 13.0. The van der Waals surface area contributed by atoms with E-state index in [0.29, 0.717) is 28.5 Å². The topological polar surface area (TPSA) is 47.1 Å². The summed E-state index contributed by atoms with van der Waals surface area (Å²) in [7, 11) is 1.51. The first-order valence-electron chi connectivity index (χ1n) is 8.87. The van der Waals surface area contributed by atoms with Crippen molar-refractivity contribution >= 4 is 11.0 Å². The first kappa shape index (κ1) is 18.9. The van der Waals surface area contributed by atoms with E-state index in [0.717, 1.165) is 23.2 Å². The number of para-hydroxylation sites is 3. The number of alkyl halides is 3. The van der Waals surface area contributed by atoms with Crippen molar-refractivity contribution in [2.24, 2.45) is 0 Å². The van der Waals surface area contributed by atoms with E-state index in [2.05, 4.69) is 9.97 Å². The van der Waals surface area contributed by atoms with Gasteiger partial charge in [0, 0.05) is 0 Å². The van der Waals surface area contributed by atoms with E-state index >= 15 is 0 Å². The molecule has 0 aliphatic carbocycles. The molecule has 0 aliphatic heterocycles. The van der Waals surface area contributed by atoms with Crippen LogP contribution in [0.4, 0.5) is 13.2 Å². The molecule has 0 atom stereocenters. The Morgan fingerprint density at radius 2 is 1.76 bits per heavy atom. The molecule has 0 radical (unpaired) electrons. The van der Waals surface area contributed by atoms with Crippen molar-refractivity contribution in [1.82, 2.24) is 9.97 Å². The molecule has 0 unspecified atom stereocenters. The van der Waals surface area contributed by atoms with Crippen LogP contribution in [-0.4, -0.2) is 17.1 Å². The first-order valence-corrected chi connectivity index (χ1v) is 8.87. The molecule has 0 fully saturated rings. The number of halogens is 3. The standard InChI is InChI=1S/C22H17F3N2O2/c1-28-19-11-5-8-16(21-26-17-9-2-3-10-18(17)27-21)20(19)29-13-14-6-4-7-15(12-14)22(23,24)25/h2-12H,13H2,1H3,(H,26,27). The normalized spacial score (nSPS) is 11.6. The van der Waals surface area contributed by atoms with Gasteiger partial charge < -0.3 is 14.5 Å². The van der Waals surface area contributed by atoms with Gasteiger partial charge in [-0.2, -0.15) is 13.2 Å². The molecule has 1 heterocycles. The summed E-state index contributed by atoms with van der Waals surface area (Å²) < 4.78 is 50.2. The summed E-state index contributed by atoms with van der Waals surface area (Å²) in [6.45, 7) is -0.0441. The summed E-state index contributed by atoms with van der Waals surface area (Å²) in [6.07, 6.45) is -4.40. The van der Waals surface area contributed by atoms with Crippen molar-refractivity contribution in [2.45, 2.75) is 12.8 Å². The van der Waals surface area contributed by atoms with Crippen LogP contribution < -0.4 is 9.47 Å². The van der Waals surface area contributed by atoms with Crippen molar-refractivity contribution in [1.29, 1.82) is 0 Å².